The van der Waals surface area contributed by atoms with Crippen LogP contribution < -0.4 is 9.64 Å². The fraction of sp³-hybridized carbons (Fsp3) is 0.565. The van der Waals surface area contributed by atoms with Crippen LogP contribution in [-0.2, 0) is 9.53 Å². The number of carbonyl (C=O) groups is 1. The Hall–Kier alpha value is -2.38. The first-order valence-electron chi connectivity index (χ1n) is 11.0. The molecule has 3 aliphatic rings. The Morgan fingerprint density at radius 3 is 2.63 bits per heavy atom. The molecule has 7 heteroatoms. The lowest BCUT2D eigenvalue weighted by Crippen LogP contribution is -2.49. The summed E-state index contributed by atoms with van der Waals surface area (Å²) in [6.45, 7) is 8.74. The number of anilines is 1. The lowest BCUT2D eigenvalue weighted by atomic mass is 10.0. The maximum Gasteiger partial charge on any atom is 0.268 e. The maximum absolute atomic E-state index is 13.3. The first-order chi connectivity index (χ1) is 14.6. The summed E-state index contributed by atoms with van der Waals surface area (Å²) in [5, 5.41) is 4.08. The molecule has 2 aromatic rings. The van der Waals surface area contributed by atoms with E-state index in [1.54, 1.807) is 0 Å². The van der Waals surface area contributed by atoms with E-state index in [1.165, 1.54) is 12.8 Å². The zero-order valence-electron chi connectivity index (χ0n) is 17.7. The highest BCUT2D eigenvalue weighted by Crippen LogP contribution is 2.42. The summed E-state index contributed by atoms with van der Waals surface area (Å²) < 4.78 is 17.1. The molecule has 1 amide bonds. The van der Waals surface area contributed by atoms with Gasteiger partial charge in [-0.05, 0) is 43.9 Å². The predicted octanol–water partition coefficient (Wildman–Crippen LogP) is 3.18. The second-order valence-electron chi connectivity index (χ2n) is 8.61. The third kappa shape index (κ3) is 3.84. The van der Waals surface area contributed by atoms with Crippen LogP contribution in [0.15, 0.2) is 22.7 Å². The highest BCUT2D eigenvalue weighted by Gasteiger charge is 2.38. The van der Waals surface area contributed by atoms with Gasteiger partial charge in [0.05, 0.1) is 24.6 Å². The minimum atomic E-state index is -0.394. The van der Waals surface area contributed by atoms with E-state index in [4.69, 9.17) is 14.0 Å². The summed E-state index contributed by atoms with van der Waals surface area (Å²) in [5.41, 5.74) is 3.73. The fourth-order valence-electron chi connectivity index (χ4n) is 4.48. The number of nitrogens with zero attached hydrogens (tertiary/aromatic N) is 3. The van der Waals surface area contributed by atoms with Crippen LogP contribution in [0.5, 0.6) is 5.75 Å². The number of hydrogen-bond donors (Lipinski definition) is 0. The lowest BCUT2D eigenvalue weighted by Gasteiger charge is -2.36. The number of carbonyl (C=O) groups excluding carboxylic acids is 1. The van der Waals surface area contributed by atoms with Crippen LogP contribution in [0.4, 0.5) is 5.69 Å². The van der Waals surface area contributed by atoms with Crippen LogP contribution in [0.1, 0.15) is 30.7 Å². The van der Waals surface area contributed by atoms with Crippen LogP contribution in [-0.4, -0.2) is 61.5 Å². The molecule has 0 N–H and O–H groups in total. The molecule has 0 bridgehead atoms. The molecular formula is C23H29N3O4. The number of aromatic nitrogens is 1. The molecule has 0 radical (unpaired) electrons. The minimum absolute atomic E-state index is 0.0905. The molecular weight excluding hydrogens is 382 g/mol. The van der Waals surface area contributed by atoms with Gasteiger partial charge in [-0.3, -0.25) is 9.69 Å². The maximum atomic E-state index is 13.3. The van der Waals surface area contributed by atoms with Gasteiger partial charge in [-0.25, -0.2) is 0 Å². The molecule has 5 rings (SSSR count). The molecule has 7 nitrogen and oxygen atoms in total. The first-order valence-corrected chi connectivity index (χ1v) is 11.0. The van der Waals surface area contributed by atoms with Crippen LogP contribution in [0.3, 0.4) is 0 Å². The van der Waals surface area contributed by atoms with E-state index in [2.05, 4.69) is 10.1 Å². The Morgan fingerprint density at radius 1 is 1.13 bits per heavy atom. The van der Waals surface area contributed by atoms with Gasteiger partial charge < -0.3 is 18.9 Å². The Labute approximate surface area is 176 Å². The summed E-state index contributed by atoms with van der Waals surface area (Å²) in [6.07, 6.45) is 2.82. The van der Waals surface area contributed by atoms with Crippen molar-refractivity contribution in [3.63, 3.8) is 0 Å². The highest BCUT2D eigenvalue weighted by atomic mass is 16.5. The highest BCUT2D eigenvalue weighted by molar-refractivity contribution is 6.00. The van der Waals surface area contributed by atoms with Crippen molar-refractivity contribution in [1.82, 2.24) is 10.1 Å². The van der Waals surface area contributed by atoms with Gasteiger partial charge in [-0.1, -0.05) is 24.1 Å². The number of amides is 1. The number of morpholine rings is 1. The number of rotatable bonds is 6. The number of benzene rings is 1. The van der Waals surface area contributed by atoms with Crippen molar-refractivity contribution in [2.24, 2.45) is 5.92 Å². The molecule has 1 atom stereocenters. The van der Waals surface area contributed by atoms with Crippen molar-refractivity contribution >= 4 is 11.6 Å². The van der Waals surface area contributed by atoms with Gasteiger partial charge in [-0.2, -0.15) is 0 Å². The summed E-state index contributed by atoms with van der Waals surface area (Å²) in [4.78, 5) is 17.6. The first kappa shape index (κ1) is 19.6. The SMILES string of the molecule is Cc1noc(C)c1-c1ccc2c(c1)O[C@H](CC1CC1)C(=O)N2CCN1CCOCC1. The van der Waals surface area contributed by atoms with E-state index in [-0.39, 0.29) is 5.91 Å². The summed E-state index contributed by atoms with van der Waals surface area (Å²) in [6, 6.07) is 6.07. The van der Waals surface area contributed by atoms with E-state index in [0.717, 1.165) is 73.3 Å². The van der Waals surface area contributed by atoms with E-state index < -0.39 is 6.10 Å². The molecule has 3 heterocycles. The molecule has 2 aliphatic heterocycles. The van der Waals surface area contributed by atoms with Gasteiger partial charge in [0.15, 0.2) is 6.10 Å². The van der Waals surface area contributed by atoms with Crippen LogP contribution in [0, 0.1) is 19.8 Å². The zero-order chi connectivity index (χ0) is 20.7. The molecule has 1 aromatic heterocycles. The van der Waals surface area contributed by atoms with Gasteiger partial charge in [0.1, 0.15) is 11.5 Å². The van der Waals surface area contributed by atoms with Crippen molar-refractivity contribution in [3.05, 3.63) is 29.7 Å². The smallest absolute Gasteiger partial charge is 0.268 e. The Morgan fingerprint density at radius 2 is 1.93 bits per heavy atom. The second-order valence-corrected chi connectivity index (χ2v) is 8.61. The average molecular weight is 412 g/mol. The molecule has 0 unspecified atom stereocenters. The summed E-state index contributed by atoms with van der Waals surface area (Å²) in [7, 11) is 0. The quantitative estimate of drug-likeness (QED) is 0.727. The van der Waals surface area contributed by atoms with Crippen molar-refractivity contribution in [2.45, 2.75) is 39.2 Å². The Balaban J connectivity index is 1.43. The standard InChI is InChI=1S/C23H29N3O4/c1-15-22(16(2)30-24-15)18-5-6-19-20(14-18)29-21(13-17-3-4-17)23(27)26(19)8-7-25-9-11-28-12-10-25/h5-6,14,17,21H,3-4,7-13H2,1-2H3/t21-/m1/s1. The summed E-state index contributed by atoms with van der Waals surface area (Å²) in [5.74, 6) is 2.28. The van der Waals surface area contributed by atoms with Gasteiger partial charge in [0, 0.05) is 31.7 Å². The van der Waals surface area contributed by atoms with Crippen LogP contribution >= 0.6 is 0 Å². The van der Waals surface area contributed by atoms with Gasteiger partial charge in [0.2, 0.25) is 0 Å². The minimum Gasteiger partial charge on any atom is -0.478 e. The van der Waals surface area contributed by atoms with E-state index in [9.17, 15) is 4.79 Å². The average Bonchev–Trinajstić information content (AvgIpc) is 3.51. The van der Waals surface area contributed by atoms with Gasteiger partial charge in [0.25, 0.3) is 5.91 Å². The van der Waals surface area contributed by atoms with E-state index in [1.807, 2.05) is 36.9 Å². The predicted molar refractivity (Wildman–Crippen MR) is 113 cm³/mol. The van der Waals surface area contributed by atoms with Crippen molar-refractivity contribution in [3.8, 4) is 16.9 Å². The third-order valence-corrected chi connectivity index (χ3v) is 6.37. The lowest BCUT2D eigenvalue weighted by molar-refractivity contribution is -0.126. The van der Waals surface area contributed by atoms with E-state index >= 15 is 0 Å². The van der Waals surface area contributed by atoms with Gasteiger partial charge >= 0.3 is 0 Å². The number of aryl methyl sites for hydroxylation is 2. The van der Waals surface area contributed by atoms with E-state index in [0.29, 0.717) is 12.5 Å². The topological polar surface area (TPSA) is 68.0 Å². The monoisotopic (exact) mass is 411 g/mol. The number of hydrogen-bond acceptors (Lipinski definition) is 6. The van der Waals surface area contributed by atoms with Gasteiger partial charge in [-0.15, -0.1) is 0 Å². The van der Waals surface area contributed by atoms with Crippen molar-refractivity contribution < 1.29 is 18.8 Å². The zero-order valence-corrected chi connectivity index (χ0v) is 17.7. The van der Waals surface area contributed by atoms with Crippen molar-refractivity contribution in [2.75, 3.05) is 44.3 Å². The largest absolute Gasteiger partial charge is 0.478 e. The molecule has 1 aliphatic carbocycles. The third-order valence-electron chi connectivity index (χ3n) is 6.37. The normalized spacial score (nSPS) is 22.1. The van der Waals surface area contributed by atoms with Crippen molar-refractivity contribution in [1.29, 1.82) is 0 Å². The Kier molecular flexibility index (Phi) is 5.25. The number of ether oxygens (including phenoxy) is 2. The Bertz CT molecular complexity index is 911. The molecule has 2 fully saturated rings. The second kappa shape index (κ2) is 8.04. The molecule has 30 heavy (non-hydrogen) atoms. The van der Waals surface area contributed by atoms with Crippen LogP contribution in [0.25, 0.3) is 11.1 Å². The molecule has 160 valence electrons. The van der Waals surface area contributed by atoms with Crippen LogP contribution in [0.2, 0.25) is 0 Å². The summed E-state index contributed by atoms with van der Waals surface area (Å²) >= 11 is 0. The molecule has 1 aromatic carbocycles. The number of fused-ring (bicyclic) bond motifs is 1. The fourth-order valence-corrected chi connectivity index (χ4v) is 4.48. The molecule has 1 saturated carbocycles. The molecule has 0 spiro atoms. The molecule has 1 saturated heterocycles.